The van der Waals surface area contributed by atoms with Crippen LogP contribution in [0.2, 0.25) is 0 Å². The number of hydrogen-bond donors (Lipinski definition) is 1. The summed E-state index contributed by atoms with van der Waals surface area (Å²) in [6, 6.07) is 1.45. The molecule has 0 saturated heterocycles. The first-order valence-electron chi connectivity index (χ1n) is 7.39. The first kappa shape index (κ1) is 17.6. The van der Waals surface area contributed by atoms with Crippen LogP contribution in [-0.2, 0) is 19.6 Å². The Kier molecular flexibility index (Phi) is 4.49. The van der Waals surface area contributed by atoms with Crippen molar-refractivity contribution in [2.24, 2.45) is 7.05 Å². The highest BCUT2D eigenvalue weighted by atomic mass is 19.4. The maximum atomic E-state index is 12.4. The quantitative estimate of drug-likeness (QED) is 0.728. The third-order valence-electron chi connectivity index (χ3n) is 3.59. The molecular formula is C14H13F3N6O3. The zero-order chi connectivity index (χ0) is 18.9. The Balaban J connectivity index is 1.57. The summed E-state index contributed by atoms with van der Waals surface area (Å²) in [6.07, 6.45) is -3.14. The molecule has 3 aromatic heterocycles. The van der Waals surface area contributed by atoms with E-state index in [1.165, 1.54) is 6.07 Å². The average molecular weight is 370 g/mol. The number of aryl methyl sites for hydroxylation is 1. The van der Waals surface area contributed by atoms with Crippen LogP contribution in [0.4, 0.5) is 13.2 Å². The van der Waals surface area contributed by atoms with E-state index in [1.807, 2.05) is 6.92 Å². The van der Waals surface area contributed by atoms with Gasteiger partial charge < -0.3 is 14.4 Å². The topological polar surface area (TPSA) is 112 Å². The first-order valence-corrected chi connectivity index (χ1v) is 7.39. The Morgan fingerprint density at radius 3 is 2.69 bits per heavy atom. The number of carbonyl (C=O) groups is 1. The minimum atomic E-state index is -4.70. The number of rotatable bonds is 5. The third-order valence-corrected chi connectivity index (χ3v) is 3.59. The van der Waals surface area contributed by atoms with E-state index in [0.29, 0.717) is 11.3 Å². The van der Waals surface area contributed by atoms with Gasteiger partial charge in [0, 0.05) is 31.8 Å². The molecule has 0 unspecified atom stereocenters. The SMILES string of the molecule is Cc1c(-c2cc(C(=O)NCCc3noc(C(F)(F)F)n3)no2)cnn1C. The van der Waals surface area contributed by atoms with Crippen LogP contribution in [0.3, 0.4) is 0 Å². The molecule has 12 heteroatoms. The van der Waals surface area contributed by atoms with E-state index < -0.39 is 18.0 Å². The third kappa shape index (κ3) is 3.58. The number of nitrogens with one attached hydrogen (secondary N) is 1. The number of halogens is 3. The van der Waals surface area contributed by atoms with E-state index in [1.54, 1.807) is 17.9 Å². The van der Waals surface area contributed by atoms with Gasteiger partial charge in [-0.25, -0.2) is 0 Å². The first-order chi connectivity index (χ1) is 12.3. The van der Waals surface area contributed by atoms with Crippen LogP contribution in [0.1, 0.15) is 27.9 Å². The van der Waals surface area contributed by atoms with E-state index >= 15 is 0 Å². The summed E-state index contributed by atoms with van der Waals surface area (Å²) < 4.78 is 48.0. The van der Waals surface area contributed by atoms with Crippen LogP contribution in [0.15, 0.2) is 21.3 Å². The molecule has 0 atom stereocenters. The second-order valence-corrected chi connectivity index (χ2v) is 5.36. The van der Waals surface area contributed by atoms with Crippen molar-refractivity contribution in [3.63, 3.8) is 0 Å². The minimum absolute atomic E-state index is 0.00375. The second kappa shape index (κ2) is 6.61. The number of carbonyl (C=O) groups excluding carboxylic acids is 1. The standard InChI is InChI=1S/C14H13F3N6O3/c1-7-8(6-19-23(7)2)10-5-9(21-25-10)12(24)18-4-3-11-20-13(26-22-11)14(15,16)17/h5-6H,3-4H2,1-2H3,(H,18,24). The van der Waals surface area contributed by atoms with Gasteiger partial charge in [0.1, 0.15) is 0 Å². The zero-order valence-electron chi connectivity index (χ0n) is 13.7. The van der Waals surface area contributed by atoms with Gasteiger partial charge in [-0.2, -0.15) is 23.3 Å². The summed E-state index contributed by atoms with van der Waals surface area (Å²) in [5.74, 6) is -1.74. The van der Waals surface area contributed by atoms with Crippen molar-refractivity contribution in [1.29, 1.82) is 0 Å². The molecule has 3 heterocycles. The monoisotopic (exact) mass is 370 g/mol. The van der Waals surface area contributed by atoms with Crippen molar-refractivity contribution < 1.29 is 27.0 Å². The summed E-state index contributed by atoms with van der Waals surface area (Å²) in [5, 5.41) is 13.5. The zero-order valence-corrected chi connectivity index (χ0v) is 13.7. The van der Waals surface area contributed by atoms with Gasteiger partial charge in [-0.15, -0.1) is 0 Å². The van der Waals surface area contributed by atoms with Crippen LogP contribution in [0, 0.1) is 6.92 Å². The molecule has 0 bridgehead atoms. The van der Waals surface area contributed by atoms with Crippen LogP contribution < -0.4 is 5.32 Å². The molecule has 1 amide bonds. The number of alkyl halides is 3. The van der Waals surface area contributed by atoms with Gasteiger partial charge in [-0.3, -0.25) is 9.48 Å². The Hall–Kier alpha value is -3.18. The number of hydrogen-bond acceptors (Lipinski definition) is 7. The lowest BCUT2D eigenvalue weighted by Gasteiger charge is -1.99. The van der Waals surface area contributed by atoms with Gasteiger partial charge in [-0.1, -0.05) is 10.3 Å². The van der Waals surface area contributed by atoms with Crippen LogP contribution in [0.25, 0.3) is 11.3 Å². The largest absolute Gasteiger partial charge is 0.471 e. The minimum Gasteiger partial charge on any atom is -0.355 e. The van der Waals surface area contributed by atoms with E-state index in [9.17, 15) is 18.0 Å². The molecule has 138 valence electrons. The van der Waals surface area contributed by atoms with E-state index in [-0.39, 0.29) is 24.5 Å². The van der Waals surface area contributed by atoms with Crippen molar-refractivity contribution in [1.82, 2.24) is 30.4 Å². The number of aromatic nitrogens is 5. The van der Waals surface area contributed by atoms with Crippen molar-refractivity contribution in [3.8, 4) is 11.3 Å². The predicted octanol–water partition coefficient (Wildman–Crippen LogP) is 1.76. The lowest BCUT2D eigenvalue weighted by molar-refractivity contribution is -0.159. The normalized spacial score (nSPS) is 11.7. The average Bonchev–Trinajstić information content (AvgIpc) is 3.28. The highest BCUT2D eigenvalue weighted by Gasteiger charge is 2.38. The Morgan fingerprint density at radius 2 is 2.08 bits per heavy atom. The summed E-state index contributed by atoms with van der Waals surface area (Å²) in [5.41, 5.74) is 1.57. The van der Waals surface area contributed by atoms with Gasteiger partial charge in [0.25, 0.3) is 5.91 Å². The molecule has 1 N–H and O–H groups in total. The predicted molar refractivity (Wildman–Crippen MR) is 78.8 cm³/mol. The van der Waals surface area contributed by atoms with Crippen molar-refractivity contribution in [2.75, 3.05) is 6.54 Å². The fourth-order valence-electron chi connectivity index (χ4n) is 2.10. The maximum Gasteiger partial charge on any atom is 0.471 e. The highest BCUT2D eigenvalue weighted by Crippen LogP contribution is 2.27. The summed E-state index contributed by atoms with van der Waals surface area (Å²) >= 11 is 0. The summed E-state index contributed by atoms with van der Waals surface area (Å²) in [7, 11) is 1.77. The summed E-state index contributed by atoms with van der Waals surface area (Å²) in [4.78, 5) is 15.2. The second-order valence-electron chi connectivity index (χ2n) is 5.36. The van der Waals surface area contributed by atoms with Crippen molar-refractivity contribution in [3.05, 3.63) is 35.4 Å². The fraction of sp³-hybridized carbons (Fsp3) is 0.357. The fourth-order valence-corrected chi connectivity index (χ4v) is 2.10. The molecule has 0 saturated carbocycles. The maximum absolute atomic E-state index is 12.4. The molecule has 3 rings (SSSR count). The van der Waals surface area contributed by atoms with E-state index in [0.717, 1.165) is 5.69 Å². The number of amides is 1. The molecule has 0 aliphatic heterocycles. The highest BCUT2D eigenvalue weighted by molar-refractivity contribution is 5.93. The van der Waals surface area contributed by atoms with Crippen molar-refractivity contribution in [2.45, 2.75) is 19.5 Å². The molecule has 0 radical (unpaired) electrons. The van der Waals surface area contributed by atoms with E-state index in [4.69, 9.17) is 4.52 Å². The molecule has 0 aliphatic carbocycles. The number of nitrogens with zero attached hydrogens (tertiary/aromatic N) is 5. The van der Waals surface area contributed by atoms with E-state index in [2.05, 4.69) is 30.2 Å². The smallest absolute Gasteiger partial charge is 0.355 e. The van der Waals surface area contributed by atoms with Crippen LogP contribution in [0.5, 0.6) is 0 Å². The molecule has 9 nitrogen and oxygen atoms in total. The molecule has 3 aromatic rings. The van der Waals surface area contributed by atoms with Crippen LogP contribution >= 0.6 is 0 Å². The molecule has 0 aromatic carbocycles. The van der Waals surface area contributed by atoms with Crippen LogP contribution in [-0.4, -0.2) is 37.5 Å². The molecule has 0 aliphatic rings. The molecule has 0 spiro atoms. The van der Waals surface area contributed by atoms with Gasteiger partial charge >= 0.3 is 12.1 Å². The van der Waals surface area contributed by atoms with Gasteiger partial charge in [0.2, 0.25) is 0 Å². The molecular weight excluding hydrogens is 357 g/mol. The van der Waals surface area contributed by atoms with Gasteiger partial charge in [0.15, 0.2) is 17.3 Å². The van der Waals surface area contributed by atoms with Crippen molar-refractivity contribution >= 4 is 5.91 Å². The lowest BCUT2D eigenvalue weighted by Crippen LogP contribution is -2.26. The Labute approximate surface area is 144 Å². The molecule has 0 fully saturated rings. The Morgan fingerprint density at radius 1 is 1.31 bits per heavy atom. The Bertz CT molecular complexity index is 927. The molecule has 26 heavy (non-hydrogen) atoms. The lowest BCUT2D eigenvalue weighted by atomic mass is 10.2. The summed E-state index contributed by atoms with van der Waals surface area (Å²) in [6.45, 7) is 1.84. The van der Waals surface area contributed by atoms with Gasteiger partial charge in [0.05, 0.1) is 11.8 Å². The van der Waals surface area contributed by atoms with Gasteiger partial charge in [-0.05, 0) is 6.92 Å².